The molecule has 0 unspecified atom stereocenters. The lowest BCUT2D eigenvalue weighted by Gasteiger charge is -2.08. The molecule has 0 saturated heterocycles. The fourth-order valence-electron chi connectivity index (χ4n) is 0.106. The molecule has 0 aromatic rings. The summed E-state index contributed by atoms with van der Waals surface area (Å²) in [5.41, 5.74) is 4.74. The molecular formula is C2H8NO4P. The highest BCUT2D eigenvalue weighted by atomic mass is 31.2. The van der Waals surface area contributed by atoms with E-state index in [0.29, 0.717) is 0 Å². The van der Waals surface area contributed by atoms with E-state index in [1.807, 2.05) is 0 Å². The van der Waals surface area contributed by atoms with Crippen molar-refractivity contribution in [3.63, 3.8) is 0 Å². The molecular weight excluding hydrogens is 133 g/mol. The van der Waals surface area contributed by atoms with E-state index >= 15 is 0 Å². The van der Waals surface area contributed by atoms with Gasteiger partial charge in [0, 0.05) is 0 Å². The minimum atomic E-state index is -4.23. The molecule has 0 saturated carbocycles. The van der Waals surface area contributed by atoms with Gasteiger partial charge in [0.15, 0.2) is 0 Å². The lowest BCUT2D eigenvalue weighted by molar-refractivity contribution is 0.267. The zero-order valence-corrected chi connectivity index (χ0v) is 4.95. The van der Waals surface area contributed by atoms with E-state index in [1.165, 1.54) is 0 Å². The van der Waals surface area contributed by atoms with Crippen molar-refractivity contribution in [1.82, 2.24) is 0 Å². The molecule has 1 atom stereocenters. The Balaban J connectivity index is 3.82. The summed E-state index contributed by atoms with van der Waals surface area (Å²) in [6.07, 6.45) is 0. The van der Waals surface area contributed by atoms with Crippen LogP contribution in [0.3, 0.4) is 0 Å². The predicted octanol–water partition coefficient (Wildman–Crippen LogP) is -1.56. The van der Waals surface area contributed by atoms with E-state index in [1.54, 1.807) is 0 Å². The third kappa shape index (κ3) is 2.40. The van der Waals surface area contributed by atoms with Gasteiger partial charge in [0.05, 0.1) is 6.61 Å². The molecule has 0 heterocycles. The first kappa shape index (κ1) is 8.07. The van der Waals surface area contributed by atoms with Crippen molar-refractivity contribution < 1.29 is 19.5 Å². The Morgan fingerprint density at radius 1 is 1.62 bits per heavy atom. The summed E-state index contributed by atoms with van der Waals surface area (Å²) in [7, 11) is -4.23. The maximum absolute atomic E-state index is 9.97. The molecule has 0 aliphatic heterocycles. The van der Waals surface area contributed by atoms with Crippen molar-refractivity contribution in [1.29, 1.82) is 0 Å². The summed E-state index contributed by atoms with van der Waals surface area (Å²) >= 11 is 0. The van der Waals surface area contributed by atoms with Crippen molar-refractivity contribution in [3.05, 3.63) is 0 Å². The molecule has 0 fully saturated rings. The molecule has 0 amide bonds. The Morgan fingerprint density at radius 2 is 2.00 bits per heavy atom. The molecule has 50 valence electrons. The molecule has 0 aromatic heterocycles. The van der Waals surface area contributed by atoms with Crippen LogP contribution in [0, 0.1) is 0 Å². The van der Waals surface area contributed by atoms with Gasteiger partial charge in [0.25, 0.3) is 0 Å². The number of nitrogens with two attached hydrogens (primary N) is 1. The van der Waals surface area contributed by atoms with Crippen molar-refractivity contribution in [3.8, 4) is 0 Å². The zero-order chi connectivity index (χ0) is 6.78. The minimum Gasteiger partial charge on any atom is -0.394 e. The van der Waals surface area contributed by atoms with Crippen LogP contribution in [0.25, 0.3) is 0 Å². The second-order valence-corrected chi connectivity index (χ2v) is 3.18. The molecule has 0 bridgehead atoms. The summed E-state index contributed by atoms with van der Waals surface area (Å²) < 4.78 is 9.97. The van der Waals surface area contributed by atoms with Gasteiger partial charge in [-0.3, -0.25) is 4.57 Å². The Bertz CT molecular complexity index is 109. The average Bonchev–Trinajstić information content (AvgIpc) is 1.62. The van der Waals surface area contributed by atoms with Crippen LogP contribution in [0.2, 0.25) is 0 Å². The van der Waals surface area contributed by atoms with E-state index in [-0.39, 0.29) is 0 Å². The highest BCUT2D eigenvalue weighted by Gasteiger charge is 2.22. The highest BCUT2D eigenvalue weighted by molar-refractivity contribution is 7.52. The summed E-state index contributed by atoms with van der Waals surface area (Å²) in [6.45, 7) is -0.690. The minimum absolute atomic E-state index is 0.690. The van der Waals surface area contributed by atoms with Crippen molar-refractivity contribution in [2.45, 2.75) is 5.78 Å². The van der Waals surface area contributed by atoms with E-state index in [0.717, 1.165) is 0 Å². The molecule has 8 heavy (non-hydrogen) atoms. The monoisotopic (exact) mass is 141 g/mol. The smallest absolute Gasteiger partial charge is 0.344 e. The maximum atomic E-state index is 9.97. The number of rotatable bonds is 2. The van der Waals surface area contributed by atoms with Crippen molar-refractivity contribution >= 4 is 7.60 Å². The molecule has 0 spiro atoms. The van der Waals surface area contributed by atoms with Gasteiger partial charge in [-0.05, 0) is 0 Å². The molecule has 0 aliphatic carbocycles. The summed E-state index contributed by atoms with van der Waals surface area (Å²) in [6, 6.07) is 0. The van der Waals surface area contributed by atoms with Gasteiger partial charge in [0.1, 0.15) is 5.78 Å². The second kappa shape index (κ2) is 2.57. The summed E-state index contributed by atoms with van der Waals surface area (Å²) in [5, 5.41) is 8.05. The van der Waals surface area contributed by atoms with Crippen LogP contribution in [-0.2, 0) is 4.57 Å². The van der Waals surface area contributed by atoms with Gasteiger partial charge in [-0.25, -0.2) is 0 Å². The number of aliphatic hydroxyl groups is 1. The predicted molar refractivity (Wildman–Crippen MR) is 27.1 cm³/mol. The molecule has 0 radical (unpaired) electrons. The van der Waals surface area contributed by atoms with Crippen LogP contribution in [-0.4, -0.2) is 27.3 Å². The van der Waals surface area contributed by atoms with Gasteiger partial charge in [0.2, 0.25) is 0 Å². The number of aliphatic hydroxyl groups excluding tert-OH is 1. The van der Waals surface area contributed by atoms with Crippen LogP contribution in [0.15, 0.2) is 0 Å². The van der Waals surface area contributed by atoms with Crippen LogP contribution < -0.4 is 5.73 Å². The van der Waals surface area contributed by atoms with E-state index in [4.69, 9.17) is 20.6 Å². The maximum Gasteiger partial charge on any atom is 0.344 e. The number of hydrogen-bond acceptors (Lipinski definition) is 3. The fraction of sp³-hybridized carbons (Fsp3) is 1.00. The SMILES string of the molecule is N[C@@H](CO)P(=O)(O)O. The van der Waals surface area contributed by atoms with E-state index in [9.17, 15) is 4.57 Å². The Morgan fingerprint density at radius 3 is 2.00 bits per heavy atom. The third-order valence-corrected chi connectivity index (χ3v) is 1.65. The molecule has 0 rings (SSSR count). The first-order valence-electron chi connectivity index (χ1n) is 1.90. The summed E-state index contributed by atoms with van der Waals surface area (Å²) in [5.74, 6) is -1.43. The van der Waals surface area contributed by atoms with Gasteiger partial charge < -0.3 is 20.6 Å². The van der Waals surface area contributed by atoms with Gasteiger partial charge in [-0.15, -0.1) is 0 Å². The topological polar surface area (TPSA) is 104 Å². The second-order valence-electron chi connectivity index (χ2n) is 1.34. The molecule has 6 heteroatoms. The van der Waals surface area contributed by atoms with Crippen LogP contribution in [0.4, 0.5) is 0 Å². The quantitative estimate of drug-likeness (QED) is 0.348. The fourth-order valence-corrected chi connectivity index (χ4v) is 0.319. The van der Waals surface area contributed by atoms with Crippen LogP contribution in [0.1, 0.15) is 0 Å². The molecule has 0 aromatic carbocycles. The first-order valence-corrected chi connectivity index (χ1v) is 3.58. The van der Waals surface area contributed by atoms with Gasteiger partial charge >= 0.3 is 7.60 Å². The Kier molecular flexibility index (Phi) is 2.59. The highest BCUT2D eigenvalue weighted by Crippen LogP contribution is 2.37. The van der Waals surface area contributed by atoms with E-state index in [2.05, 4.69) is 0 Å². The zero-order valence-electron chi connectivity index (χ0n) is 4.06. The van der Waals surface area contributed by atoms with E-state index < -0.39 is 20.0 Å². The molecule has 5 nitrogen and oxygen atoms in total. The largest absolute Gasteiger partial charge is 0.394 e. The van der Waals surface area contributed by atoms with Gasteiger partial charge in [-0.1, -0.05) is 0 Å². The lowest BCUT2D eigenvalue weighted by Crippen LogP contribution is -2.23. The third-order valence-electron chi connectivity index (χ3n) is 0.619. The average molecular weight is 141 g/mol. The molecule has 0 aliphatic rings. The number of hydrogen-bond donors (Lipinski definition) is 4. The standard InChI is InChI=1S/C2H8NO4P/c3-2(1-4)8(5,6)7/h2,4H,1,3H2,(H2,5,6,7)/t2-/m1/s1. The van der Waals surface area contributed by atoms with Crippen LogP contribution in [0.5, 0.6) is 0 Å². The first-order chi connectivity index (χ1) is 3.48. The van der Waals surface area contributed by atoms with Gasteiger partial charge in [-0.2, -0.15) is 0 Å². The van der Waals surface area contributed by atoms with Crippen LogP contribution >= 0.6 is 7.60 Å². The Labute approximate surface area is 46.3 Å². The normalized spacial score (nSPS) is 16.0. The summed E-state index contributed by atoms with van der Waals surface area (Å²) in [4.78, 5) is 16.2. The lowest BCUT2D eigenvalue weighted by atomic mass is 10.7. The molecule has 5 N–H and O–H groups in total. The van der Waals surface area contributed by atoms with Crippen molar-refractivity contribution in [2.75, 3.05) is 6.61 Å². The van der Waals surface area contributed by atoms with Crippen molar-refractivity contribution in [2.24, 2.45) is 5.73 Å². The Hall–Kier alpha value is 0.0700.